The quantitative estimate of drug-likeness (QED) is 0.525. The first kappa shape index (κ1) is 17.0. The fraction of sp³-hybridized carbons (Fsp3) is 0.208. The molecule has 0 radical (unpaired) electrons. The van der Waals surface area contributed by atoms with Gasteiger partial charge in [-0.25, -0.2) is 4.68 Å². The molecule has 28 heavy (non-hydrogen) atoms. The van der Waals surface area contributed by atoms with Crippen LogP contribution in [0.5, 0.6) is 0 Å². The number of para-hydroxylation sites is 1. The Balaban J connectivity index is 1.51. The van der Waals surface area contributed by atoms with Gasteiger partial charge in [0.2, 0.25) is 0 Å². The number of hydrogen-bond acceptors (Lipinski definition) is 2. The number of aromatic nitrogens is 3. The lowest BCUT2D eigenvalue weighted by atomic mass is 10.1. The third-order valence-electron chi connectivity index (χ3n) is 5.58. The summed E-state index contributed by atoms with van der Waals surface area (Å²) < 4.78 is 2.01. The predicted octanol–water partition coefficient (Wildman–Crippen LogP) is 5.20. The highest BCUT2D eigenvalue weighted by Crippen LogP contribution is 2.34. The van der Waals surface area contributed by atoms with E-state index >= 15 is 0 Å². The zero-order valence-electron chi connectivity index (χ0n) is 15.8. The van der Waals surface area contributed by atoms with Crippen LogP contribution in [-0.2, 0) is 6.54 Å². The Morgan fingerprint density at radius 2 is 1.71 bits per heavy atom. The van der Waals surface area contributed by atoms with Crippen LogP contribution in [0.3, 0.4) is 0 Å². The van der Waals surface area contributed by atoms with Gasteiger partial charge in [0.05, 0.1) is 17.4 Å². The second-order valence-corrected chi connectivity index (χ2v) is 7.40. The molecule has 0 aliphatic carbocycles. The van der Waals surface area contributed by atoms with Crippen molar-refractivity contribution in [3.05, 3.63) is 96.4 Å². The molecule has 3 heterocycles. The molecule has 1 unspecified atom stereocenters. The normalized spacial score (nSPS) is 17.2. The van der Waals surface area contributed by atoms with Crippen LogP contribution in [0.2, 0.25) is 0 Å². The average Bonchev–Trinajstić information content (AvgIpc) is 3.50. The summed E-state index contributed by atoms with van der Waals surface area (Å²) in [6, 6.07) is 25.6. The molecule has 4 aromatic rings. The number of nitrogens with zero attached hydrogens (tertiary/aromatic N) is 3. The van der Waals surface area contributed by atoms with Gasteiger partial charge in [-0.1, -0.05) is 48.5 Å². The van der Waals surface area contributed by atoms with Crippen molar-refractivity contribution in [2.24, 2.45) is 0 Å². The van der Waals surface area contributed by atoms with Crippen LogP contribution in [0.4, 0.5) is 0 Å². The van der Waals surface area contributed by atoms with Crippen molar-refractivity contribution in [3.8, 4) is 16.9 Å². The first-order chi connectivity index (χ1) is 13.9. The highest BCUT2D eigenvalue weighted by Gasteiger charge is 2.28. The van der Waals surface area contributed by atoms with Crippen molar-refractivity contribution in [1.82, 2.24) is 19.7 Å². The Morgan fingerprint density at radius 1 is 0.929 bits per heavy atom. The van der Waals surface area contributed by atoms with Gasteiger partial charge in [0.25, 0.3) is 0 Å². The predicted molar refractivity (Wildman–Crippen MR) is 112 cm³/mol. The van der Waals surface area contributed by atoms with E-state index in [1.807, 2.05) is 16.9 Å². The minimum Gasteiger partial charge on any atom is -0.364 e. The minimum absolute atomic E-state index is 0.457. The molecular formula is C24H24N4. The second-order valence-electron chi connectivity index (χ2n) is 7.40. The molecule has 1 fully saturated rings. The summed E-state index contributed by atoms with van der Waals surface area (Å²) in [5.74, 6) is 0. The van der Waals surface area contributed by atoms with E-state index in [1.54, 1.807) is 0 Å². The Kier molecular flexibility index (Phi) is 4.55. The van der Waals surface area contributed by atoms with Crippen LogP contribution < -0.4 is 0 Å². The lowest BCUT2D eigenvalue weighted by Gasteiger charge is -2.23. The summed E-state index contributed by atoms with van der Waals surface area (Å²) >= 11 is 0. The molecule has 4 heteroatoms. The van der Waals surface area contributed by atoms with Crippen molar-refractivity contribution < 1.29 is 0 Å². The number of aromatic amines is 1. The van der Waals surface area contributed by atoms with Crippen LogP contribution in [0.15, 0.2) is 85.2 Å². The van der Waals surface area contributed by atoms with Gasteiger partial charge in [-0.15, -0.1) is 0 Å². The first-order valence-corrected chi connectivity index (χ1v) is 9.95. The summed E-state index contributed by atoms with van der Waals surface area (Å²) in [7, 11) is 0. The molecular weight excluding hydrogens is 344 g/mol. The number of nitrogens with one attached hydrogen (secondary N) is 1. The number of benzene rings is 2. The Labute approximate surface area is 165 Å². The van der Waals surface area contributed by atoms with E-state index in [2.05, 4.69) is 82.8 Å². The van der Waals surface area contributed by atoms with Crippen molar-refractivity contribution in [2.45, 2.75) is 25.4 Å². The minimum atomic E-state index is 0.457. The zero-order chi connectivity index (χ0) is 18.8. The van der Waals surface area contributed by atoms with Gasteiger partial charge in [0.1, 0.15) is 0 Å². The van der Waals surface area contributed by atoms with Crippen molar-refractivity contribution >= 4 is 0 Å². The van der Waals surface area contributed by atoms with E-state index in [4.69, 9.17) is 5.10 Å². The molecule has 5 rings (SSSR count). The number of rotatable bonds is 5. The van der Waals surface area contributed by atoms with Crippen LogP contribution >= 0.6 is 0 Å². The van der Waals surface area contributed by atoms with E-state index in [0.29, 0.717) is 6.04 Å². The van der Waals surface area contributed by atoms with Gasteiger partial charge in [0, 0.05) is 35.8 Å². The zero-order valence-corrected chi connectivity index (χ0v) is 15.8. The van der Waals surface area contributed by atoms with E-state index < -0.39 is 0 Å². The molecule has 1 atom stereocenters. The highest BCUT2D eigenvalue weighted by molar-refractivity contribution is 5.63. The van der Waals surface area contributed by atoms with Gasteiger partial charge in [-0.3, -0.25) is 4.90 Å². The fourth-order valence-electron chi connectivity index (χ4n) is 4.22. The van der Waals surface area contributed by atoms with E-state index in [0.717, 1.165) is 24.5 Å². The average molecular weight is 368 g/mol. The molecule has 1 N–H and O–H groups in total. The van der Waals surface area contributed by atoms with Crippen molar-refractivity contribution in [1.29, 1.82) is 0 Å². The largest absolute Gasteiger partial charge is 0.364 e. The van der Waals surface area contributed by atoms with Gasteiger partial charge in [0.15, 0.2) is 0 Å². The highest BCUT2D eigenvalue weighted by atomic mass is 15.3. The van der Waals surface area contributed by atoms with E-state index in [1.165, 1.54) is 29.7 Å². The van der Waals surface area contributed by atoms with Gasteiger partial charge >= 0.3 is 0 Å². The van der Waals surface area contributed by atoms with Crippen LogP contribution in [0.1, 0.15) is 30.1 Å². The van der Waals surface area contributed by atoms with Crippen LogP contribution in [-0.4, -0.2) is 26.2 Å². The number of hydrogen-bond donors (Lipinski definition) is 1. The van der Waals surface area contributed by atoms with E-state index in [-0.39, 0.29) is 0 Å². The molecule has 0 bridgehead atoms. The monoisotopic (exact) mass is 368 g/mol. The van der Waals surface area contributed by atoms with Crippen LogP contribution in [0.25, 0.3) is 16.9 Å². The fourth-order valence-corrected chi connectivity index (χ4v) is 4.22. The molecule has 1 aliphatic rings. The molecule has 1 aliphatic heterocycles. The molecule has 4 nitrogen and oxygen atoms in total. The molecule has 0 spiro atoms. The lowest BCUT2D eigenvalue weighted by molar-refractivity contribution is 0.245. The molecule has 0 amide bonds. The summed E-state index contributed by atoms with van der Waals surface area (Å²) in [6.45, 7) is 2.02. The molecule has 2 aromatic heterocycles. The SMILES string of the molecule is c1ccc(-c2nn(-c3ccccc3)cc2CN2CCCC2c2ccc[nH]2)cc1. The Bertz CT molecular complexity index is 1020. The standard InChI is InChI=1S/C24H24N4/c1-3-9-19(10-4-1)24-20(18-28(26-24)21-11-5-2-6-12-21)17-27-16-8-14-23(27)22-13-7-15-25-22/h1-7,9-13,15,18,23,25H,8,14,16-17H2. The molecule has 2 aromatic carbocycles. The molecule has 140 valence electrons. The van der Waals surface area contributed by atoms with Gasteiger partial charge in [-0.2, -0.15) is 5.10 Å². The smallest absolute Gasteiger partial charge is 0.0972 e. The maximum absolute atomic E-state index is 4.96. The Morgan fingerprint density at radius 3 is 2.46 bits per heavy atom. The van der Waals surface area contributed by atoms with Crippen molar-refractivity contribution in [2.75, 3.05) is 6.54 Å². The number of H-pyrrole nitrogens is 1. The third-order valence-corrected chi connectivity index (χ3v) is 5.58. The first-order valence-electron chi connectivity index (χ1n) is 9.95. The van der Waals surface area contributed by atoms with Crippen LogP contribution in [0, 0.1) is 0 Å². The maximum Gasteiger partial charge on any atom is 0.0972 e. The van der Waals surface area contributed by atoms with Crippen molar-refractivity contribution in [3.63, 3.8) is 0 Å². The summed E-state index contributed by atoms with van der Waals surface area (Å²) in [6.07, 6.45) is 6.65. The van der Waals surface area contributed by atoms with Gasteiger partial charge in [-0.05, 0) is 43.7 Å². The topological polar surface area (TPSA) is 36.9 Å². The third kappa shape index (κ3) is 3.27. The maximum atomic E-state index is 4.96. The lowest BCUT2D eigenvalue weighted by Crippen LogP contribution is -2.23. The number of likely N-dealkylation sites (tertiary alicyclic amines) is 1. The molecule has 0 saturated carbocycles. The summed E-state index contributed by atoms with van der Waals surface area (Å²) in [5.41, 5.74) is 5.92. The molecule has 1 saturated heterocycles. The van der Waals surface area contributed by atoms with Gasteiger partial charge < -0.3 is 4.98 Å². The second kappa shape index (κ2) is 7.49. The summed E-state index contributed by atoms with van der Waals surface area (Å²) in [4.78, 5) is 5.98. The Hall–Kier alpha value is -3.11. The summed E-state index contributed by atoms with van der Waals surface area (Å²) in [5, 5.41) is 4.96. The van der Waals surface area contributed by atoms with E-state index in [9.17, 15) is 0 Å².